The number of hydrogen-bond acceptors (Lipinski definition) is 4. The van der Waals surface area contributed by atoms with Crippen molar-refractivity contribution in [2.24, 2.45) is 14.1 Å². The minimum atomic E-state index is -0.496. The number of carbonyl (C=O) groups excluding carboxylic acids is 4. The van der Waals surface area contributed by atoms with Crippen molar-refractivity contribution >= 4 is 45.8 Å². The highest BCUT2D eigenvalue weighted by atomic mass is 16.2. The minimum absolute atomic E-state index is 0.280. The van der Waals surface area contributed by atoms with Crippen LogP contribution >= 0.6 is 0 Å². The molecule has 0 aliphatic carbocycles. The van der Waals surface area contributed by atoms with E-state index in [4.69, 9.17) is 0 Å². The number of pyridine rings is 2. The van der Waals surface area contributed by atoms with Gasteiger partial charge in [0, 0.05) is 45.2 Å². The number of amides is 4. The second-order valence-electron chi connectivity index (χ2n) is 8.42. The van der Waals surface area contributed by atoms with E-state index in [9.17, 15) is 19.2 Å². The Hall–Kier alpha value is -4.72. The van der Waals surface area contributed by atoms with Crippen molar-refractivity contribution in [3.63, 3.8) is 0 Å². The van der Waals surface area contributed by atoms with Gasteiger partial charge in [0.1, 0.15) is 25.5 Å². The molecule has 2 aliphatic heterocycles. The number of carbonyl (C=O) groups is 4. The molecular formula is C26H18N4O4+2. The van der Waals surface area contributed by atoms with Gasteiger partial charge in [-0.1, -0.05) is 0 Å². The molecule has 4 amide bonds. The first-order valence-corrected chi connectivity index (χ1v) is 10.6. The molecule has 0 saturated carbocycles. The van der Waals surface area contributed by atoms with Crippen molar-refractivity contribution in [3.8, 4) is 0 Å². The summed E-state index contributed by atoms with van der Waals surface area (Å²) >= 11 is 0. The molecule has 0 N–H and O–H groups in total. The lowest BCUT2D eigenvalue weighted by Crippen LogP contribution is -2.44. The normalized spacial score (nSPS) is 14.9. The minimum Gasteiger partial charge on any atom is -0.268 e. The lowest BCUT2D eigenvalue weighted by atomic mass is 9.85. The fourth-order valence-electron chi connectivity index (χ4n) is 4.75. The third-order valence-electron chi connectivity index (χ3n) is 6.26. The molecule has 4 aromatic rings. The number of aryl methyl sites for hydroxylation is 2. The van der Waals surface area contributed by atoms with E-state index in [1.165, 1.54) is 0 Å². The van der Waals surface area contributed by atoms with Gasteiger partial charge in [-0.3, -0.25) is 19.2 Å². The first kappa shape index (κ1) is 19.9. The molecule has 6 rings (SSSR count). The fourth-order valence-corrected chi connectivity index (χ4v) is 4.75. The van der Waals surface area contributed by atoms with Crippen LogP contribution in [0.25, 0.3) is 10.8 Å². The van der Waals surface area contributed by atoms with Crippen LogP contribution in [0.2, 0.25) is 0 Å². The van der Waals surface area contributed by atoms with Gasteiger partial charge in [-0.15, -0.1) is 0 Å². The van der Waals surface area contributed by atoms with E-state index in [2.05, 4.69) is 0 Å². The van der Waals surface area contributed by atoms with Crippen LogP contribution in [-0.2, 0) is 14.1 Å². The molecule has 0 spiro atoms. The van der Waals surface area contributed by atoms with Gasteiger partial charge in [-0.2, -0.15) is 0 Å². The quantitative estimate of drug-likeness (QED) is 0.346. The molecule has 164 valence electrons. The zero-order valence-electron chi connectivity index (χ0n) is 18.4. The third-order valence-corrected chi connectivity index (χ3v) is 6.26. The van der Waals surface area contributed by atoms with Gasteiger partial charge in [0.15, 0.2) is 24.8 Å². The van der Waals surface area contributed by atoms with Crippen LogP contribution in [0.15, 0.2) is 73.3 Å². The number of hydrogen-bond donors (Lipinski definition) is 0. The van der Waals surface area contributed by atoms with Crippen molar-refractivity contribution in [1.29, 1.82) is 0 Å². The Morgan fingerprint density at radius 2 is 0.853 bits per heavy atom. The number of benzene rings is 2. The molecule has 0 radical (unpaired) electrons. The Morgan fingerprint density at radius 3 is 1.15 bits per heavy atom. The molecule has 8 heteroatoms. The number of anilines is 2. The van der Waals surface area contributed by atoms with Gasteiger partial charge >= 0.3 is 0 Å². The first-order valence-electron chi connectivity index (χ1n) is 10.6. The largest absolute Gasteiger partial charge is 0.268 e. The van der Waals surface area contributed by atoms with Crippen LogP contribution in [0.1, 0.15) is 41.4 Å². The molecule has 2 aromatic heterocycles. The smallest absolute Gasteiger partial charge is 0.266 e. The van der Waals surface area contributed by atoms with E-state index >= 15 is 0 Å². The summed E-state index contributed by atoms with van der Waals surface area (Å²) in [5.41, 5.74) is 2.00. The SMILES string of the molecule is C[n+]1cccc(N2C(=O)c3ccc4c5c(ccc(c35)C2=O)C(=O)N(c2ccc[n+](C)c2)C4=O)c1. The zero-order valence-corrected chi connectivity index (χ0v) is 18.4. The van der Waals surface area contributed by atoms with Gasteiger partial charge in [0.2, 0.25) is 0 Å². The van der Waals surface area contributed by atoms with Crippen molar-refractivity contribution in [1.82, 2.24) is 0 Å². The molecule has 0 atom stereocenters. The van der Waals surface area contributed by atoms with Crippen molar-refractivity contribution in [2.75, 3.05) is 9.80 Å². The average molecular weight is 450 g/mol. The summed E-state index contributed by atoms with van der Waals surface area (Å²) in [7, 11) is 3.61. The van der Waals surface area contributed by atoms with E-state index in [0.29, 0.717) is 22.1 Å². The summed E-state index contributed by atoms with van der Waals surface area (Å²) in [4.78, 5) is 56.1. The van der Waals surface area contributed by atoms with E-state index < -0.39 is 23.6 Å². The van der Waals surface area contributed by atoms with Crippen LogP contribution in [0.4, 0.5) is 11.4 Å². The second kappa shape index (κ2) is 6.89. The summed E-state index contributed by atoms with van der Waals surface area (Å²) in [6.45, 7) is 0. The standard InChI is InChI=1S/C26H18N4O4/c1-27-11-3-5-15(13-27)29-23(31)17-7-9-19-22-20(10-8-18(21(17)22)24(29)32)26(34)30(25(19)33)16-6-4-12-28(2)14-16/h3-14H,1-2H3/q+2. The predicted octanol–water partition coefficient (Wildman–Crippen LogP) is 2.09. The fraction of sp³-hybridized carbons (Fsp3) is 0.0769. The second-order valence-corrected chi connectivity index (χ2v) is 8.42. The maximum Gasteiger partial charge on any atom is 0.266 e. The molecule has 0 bridgehead atoms. The molecule has 0 fully saturated rings. The van der Waals surface area contributed by atoms with Crippen molar-refractivity contribution in [3.05, 3.63) is 95.6 Å². The number of aromatic nitrogens is 2. The third kappa shape index (κ3) is 2.59. The van der Waals surface area contributed by atoms with Gasteiger partial charge < -0.3 is 0 Å². The van der Waals surface area contributed by atoms with Gasteiger partial charge in [0.05, 0.1) is 0 Å². The van der Waals surface area contributed by atoms with Gasteiger partial charge in [-0.05, 0) is 36.4 Å². The summed E-state index contributed by atoms with van der Waals surface area (Å²) in [6, 6.07) is 13.1. The van der Waals surface area contributed by atoms with E-state index in [-0.39, 0.29) is 22.3 Å². The lowest BCUT2D eigenvalue weighted by molar-refractivity contribution is -0.671. The molecule has 0 unspecified atom stereocenters. The number of imide groups is 2. The Bertz CT molecular complexity index is 1430. The Morgan fingerprint density at radius 1 is 0.529 bits per heavy atom. The van der Waals surface area contributed by atoms with Gasteiger partial charge in [0.25, 0.3) is 23.6 Å². The topological polar surface area (TPSA) is 82.5 Å². The van der Waals surface area contributed by atoms with Crippen LogP contribution < -0.4 is 18.9 Å². The monoisotopic (exact) mass is 450 g/mol. The Balaban J connectivity index is 1.57. The van der Waals surface area contributed by atoms with Gasteiger partial charge in [-0.25, -0.2) is 18.9 Å². The average Bonchev–Trinajstić information content (AvgIpc) is 2.81. The van der Waals surface area contributed by atoms with Crippen molar-refractivity contribution in [2.45, 2.75) is 0 Å². The van der Waals surface area contributed by atoms with Crippen LogP contribution in [0.3, 0.4) is 0 Å². The van der Waals surface area contributed by atoms with Crippen LogP contribution in [0.5, 0.6) is 0 Å². The highest BCUT2D eigenvalue weighted by Gasteiger charge is 2.41. The number of nitrogens with zero attached hydrogens (tertiary/aromatic N) is 4. The summed E-state index contributed by atoms with van der Waals surface area (Å²) in [5, 5.41) is 0.697. The molecular weight excluding hydrogens is 432 g/mol. The zero-order chi connectivity index (χ0) is 23.7. The maximum absolute atomic E-state index is 13.5. The summed E-state index contributed by atoms with van der Waals surface area (Å²) < 4.78 is 3.50. The molecule has 34 heavy (non-hydrogen) atoms. The highest BCUT2D eigenvalue weighted by molar-refractivity contribution is 6.42. The van der Waals surface area contributed by atoms with E-state index in [1.54, 1.807) is 96.5 Å². The predicted molar refractivity (Wildman–Crippen MR) is 121 cm³/mol. The summed E-state index contributed by atoms with van der Waals surface area (Å²) in [6.07, 6.45) is 6.98. The number of rotatable bonds is 2. The summed E-state index contributed by atoms with van der Waals surface area (Å²) in [5.74, 6) is -1.98. The Kier molecular flexibility index (Phi) is 4.04. The molecule has 2 aromatic carbocycles. The van der Waals surface area contributed by atoms with Crippen molar-refractivity contribution < 1.29 is 28.3 Å². The highest BCUT2D eigenvalue weighted by Crippen LogP contribution is 2.39. The maximum atomic E-state index is 13.5. The molecule has 0 saturated heterocycles. The van der Waals surface area contributed by atoms with Crippen LogP contribution in [-0.4, -0.2) is 23.6 Å². The Labute approximate surface area is 193 Å². The molecule has 8 nitrogen and oxygen atoms in total. The lowest BCUT2D eigenvalue weighted by Gasteiger charge is -2.31. The van der Waals surface area contributed by atoms with E-state index in [1.807, 2.05) is 0 Å². The molecule has 4 heterocycles. The molecule has 2 aliphatic rings. The first-order chi connectivity index (χ1) is 16.4. The van der Waals surface area contributed by atoms with E-state index in [0.717, 1.165) is 9.80 Å². The van der Waals surface area contributed by atoms with Crippen LogP contribution in [0, 0.1) is 0 Å².